The molecule has 2 aliphatic heterocycles. The number of nitrogens with one attached hydrogen (secondary N) is 1. The minimum absolute atomic E-state index is 0.165. The Balaban J connectivity index is 1.86. The molecule has 2 heterocycles. The molecule has 0 spiro atoms. The Morgan fingerprint density at radius 1 is 1.30 bits per heavy atom. The summed E-state index contributed by atoms with van der Waals surface area (Å²) in [5.41, 5.74) is -0.418. The predicted octanol–water partition coefficient (Wildman–Crippen LogP) is 3.04. The van der Waals surface area contributed by atoms with E-state index in [1.807, 2.05) is 25.7 Å². The van der Waals surface area contributed by atoms with Crippen molar-refractivity contribution in [2.75, 3.05) is 32.8 Å². The van der Waals surface area contributed by atoms with Crippen molar-refractivity contribution in [1.29, 1.82) is 0 Å². The first-order chi connectivity index (χ1) is 10.9. The molecule has 0 aromatic heterocycles. The Bertz CT molecular complexity index is 375. The highest BCUT2D eigenvalue weighted by atomic mass is 16.6. The third kappa shape index (κ3) is 5.96. The molecule has 0 aromatic carbocycles. The Morgan fingerprint density at radius 3 is 2.61 bits per heavy atom. The van der Waals surface area contributed by atoms with Crippen molar-refractivity contribution in [3.63, 3.8) is 0 Å². The molecule has 0 bridgehead atoms. The molecule has 0 saturated carbocycles. The number of hydrogen-bond donors (Lipinski definition) is 1. The monoisotopic (exact) mass is 326 g/mol. The molecule has 0 aromatic rings. The van der Waals surface area contributed by atoms with Crippen LogP contribution in [0.3, 0.4) is 0 Å². The number of ether oxygens (including phenoxy) is 2. The largest absolute Gasteiger partial charge is 0.444 e. The van der Waals surface area contributed by atoms with Crippen LogP contribution >= 0.6 is 0 Å². The van der Waals surface area contributed by atoms with Crippen molar-refractivity contribution >= 4 is 6.09 Å². The first kappa shape index (κ1) is 18.5. The summed E-state index contributed by atoms with van der Waals surface area (Å²) in [5, 5.41) is 3.66. The molecule has 2 aliphatic rings. The lowest BCUT2D eigenvalue weighted by Crippen LogP contribution is -2.41. The number of likely N-dealkylation sites (tertiary alicyclic amines) is 1. The van der Waals surface area contributed by atoms with E-state index in [0.29, 0.717) is 12.0 Å². The molecule has 0 aliphatic carbocycles. The fourth-order valence-electron chi connectivity index (χ4n) is 3.65. The van der Waals surface area contributed by atoms with Gasteiger partial charge in [-0.1, -0.05) is 6.92 Å². The SMILES string of the molecule is CCNC(CC1CCOCC1)C1CCN(C(=O)OC(C)(C)C)C1. The van der Waals surface area contributed by atoms with Gasteiger partial charge < -0.3 is 19.7 Å². The lowest BCUT2D eigenvalue weighted by Gasteiger charge is -2.31. The van der Waals surface area contributed by atoms with Gasteiger partial charge in [0.05, 0.1) is 0 Å². The summed E-state index contributed by atoms with van der Waals surface area (Å²) in [6, 6.07) is 0.496. The highest BCUT2D eigenvalue weighted by Crippen LogP contribution is 2.28. The summed E-state index contributed by atoms with van der Waals surface area (Å²) in [6.45, 7) is 12.3. The molecule has 2 unspecified atom stereocenters. The van der Waals surface area contributed by atoms with Crippen LogP contribution in [0.5, 0.6) is 0 Å². The number of carbonyl (C=O) groups excluding carboxylic acids is 1. The smallest absolute Gasteiger partial charge is 0.410 e. The summed E-state index contributed by atoms with van der Waals surface area (Å²) in [4.78, 5) is 14.1. The fourth-order valence-corrected chi connectivity index (χ4v) is 3.65. The van der Waals surface area contributed by atoms with Gasteiger partial charge in [0.15, 0.2) is 0 Å². The van der Waals surface area contributed by atoms with Crippen molar-refractivity contribution in [3.05, 3.63) is 0 Å². The third-order valence-electron chi connectivity index (χ3n) is 4.84. The maximum atomic E-state index is 12.2. The molecule has 2 saturated heterocycles. The molecule has 1 N–H and O–H groups in total. The summed E-state index contributed by atoms with van der Waals surface area (Å²) in [5.74, 6) is 1.29. The number of amides is 1. The molecule has 134 valence electrons. The van der Waals surface area contributed by atoms with Gasteiger partial charge in [-0.15, -0.1) is 0 Å². The molecule has 1 amide bonds. The van der Waals surface area contributed by atoms with E-state index in [1.54, 1.807) is 0 Å². The average Bonchev–Trinajstić information content (AvgIpc) is 2.96. The Kier molecular flexibility index (Phi) is 6.72. The van der Waals surface area contributed by atoms with E-state index in [2.05, 4.69) is 12.2 Å². The van der Waals surface area contributed by atoms with Crippen LogP contribution in [-0.4, -0.2) is 55.5 Å². The van der Waals surface area contributed by atoms with Gasteiger partial charge in [-0.2, -0.15) is 0 Å². The summed E-state index contributed by atoms with van der Waals surface area (Å²) < 4.78 is 11.0. The summed E-state index contributed by atoms with van der Waals surface area (Å²) in [7, 11) is 0. The van der Waals surface area contributed by atoms with E-state index >= 15 is 0 Å². The standard InChI is InChI=1S/C18H34N2O3/c1-5-19-16(12-14-7-10-22-11-8-14)15-6-9-20(13-15)17(21)23-18(2,3)4/h14-16,19H,5-13H2,1-4H3. The topological polar surface area (TPSA) is 50.8 Å². The van der Waals surface area contributed by atoms with E-state index in [9.17, 15) is 4.79 Å². The average molecular weight is 326 g/mol. The third-order valence-corrected chi connectivity index (χ3v) is 4.84. The van der Waals surface area contributed by atoms with Crippen LogP contribution in [-0.2, 0) is 9.47 Å². The zero-order valence-corrected chi connectivity index (χ0v) is 15.3. The molecule has 23 heavy (non-hydrogen) atoms. The van der Waals surface area contributed by atoms with Crippen molar-refractivity contribution in [2.24, 2.45) is 11.8 Å². The Hall–Kier alpha value is -0.810. The van der Waals surface area contributed by atoms with Crippen molar-refractivity contribution < 1.29 is 14.3 Å². The van der Waals surface area contributed by atoms with Gasteiger partial charge in [-0.25, -0.2) is 4.79 Å². The minimum atomic E-state index is -0.418. The van der Waals surface area contributed by atoms with E-state index < -0.39 is 5.60 Å². The molecule has 2 fully saturated rings. The van der Waals surface area contributed by atoms with Gasteiger partial charge in [0.2, 0.25) is 0 Å². The first-order valence-electron chi connectivity index (χ1n) is 9.18. The predicted molar refractivity (Wildman–Crippen MR) is 91.5 cm³/mol. The van der Waals surface area contributed by atoms with E-state index in [4.69, 9.17) is 9.47 Å². The zero-order valence-electron chi connectivity index (χ0n) is 15.3. The molecule has 0 radical (unpaired) electrons. The highest BCUT2D eigenvalue weighted by Gasteiger charge is 2.34. The van der Waals surface area contributed by atoms with Crippen LogP contribution in [0.2, 0.25) is 0 Å². The number of rotatable bonds is 5. The second-order valence-corrected chi connectivity index (χ2v) is 7.93. The second kappa shape index (κ2) is 8.34. The summed E-state index contributed by atoms with van der Waals surface area (Å²) >= 11 is 0. The molecule has 5 nitrogen and oxygen atoms in total. The molecule has 5 heteroatoms. The normalized spacial score (nSPS) is 24.7. The minimum Gasteiger partial charge on any atom is -0.444 e. The van der Waals surface area contributed by atoms with Crippen LogP contribution in [0.1, 0.15) is 53.4 Å². The molecular formula is C18H34N2O3. The van der Waals surface area contributed by atoms with Gasteiger partial charge in [0.25, 0.3) is 0 Å². The number of hydrogen-bond acceptors (Lipinski definition) is 4. The van der Waals surface area contributed by atoms with E-state index in [1.165, 1.54) is 19.3 Å². The van der Waals surface area contributed by atoms with E-state index in [0.717, 1.165) is 45.2 Å². The van der Waals surface area contributed by atoms with Crippen LogP contribution in [0.25, 0.3) is 0 Å². The first-order valence-corrected chi connectivity index (χ1v) is 9.18. The highest BCUT2D eigenvalue weighted by molar-refractivity contribution is 5.68. The van der Waals surface area contributed by atoms with Crippen molar-refractivity contribution in [1.82, 2.24) is 10.2 Å². The van der Waals surface area contributed by atoms with Gasteiger partial charge in [0.1, 0.15) is 5.60 Å². The molecular weight excluding hydrogens is 292 g/mol. The van der Waals surface area contributed by atoms with Crippen LogP contribution in [0, 0.1) is 11.8 Å². The lowest BCUT2D eigenvalue weighted by atomic mass is 9.86. The van der Waals surface area contributed by atoms with Gasteiger partial charge >= 0.3 is 6.09 Å². The van der Waals surface area contributed by atoms with Gasteiger partial charge in [-0.05, 0) is 64.8 Å². The number of carbonyl (C=O) groups is 1. The Morgan fingerprint density at radius 2 is 2.00 bits per heavy atom. The Labute approximate surface area is 141 Å². The number of nitrogens with zero attached hydrogens (tertiary/aromatic N) is 1. The molecule has 2 rings (SSSR count). The maximum Gasteiger partial charge on any atom is 0.410 e. The molecule has 2 atom stereocenters. The van der Waals surface area contributed by atoms with Crippen molar-refractivity contribution in [3.8, 4) is 0 Å². The summed E-state index contributed by atoms with van der Waals surface area (Å²) in [6.07, 6.45) is 4.44. The van der Waals surface area contributed by atoms with Crippen molar-refractivity contribution in [2.45, 2.75) is 65.0 Å². The zero-order chi connectivity index (χ0) is 16.9. The van der Waals surface area contributed by atoms with Crippen LogP contribution in [0.15, 0.2) is 0 Å². The van der Waals surface area contributed by atoms with Crippen LogP contribution < -0.4 is 5.32 Å². The fraction of sp³-hybridized carbons (Fsp3) is 0.944. The van der Waals surface area contributed by atoms with Crippen LogP contribution in [0.4, 0.5) is 4.79 Å². The van der Waals surface area contributed by atoms with Gasteiger partial charge in [0, 0.05) is 32.3 Å². The lowest BCUT2D eigenvalue weighted by molar-refractivity contribution is 0.0282. The maximum absolute atomic E-state index is 12.2. The van der Waals surface area contributed by atoms with E-state index in [-0.39, 0.29) is 6.09 Å². The van der Waals surface area contributed by atoms with Gasteiger partial charge in [-0.3, -0.25) is 0 Å². The second-order valence-electron chi connectivity index (χ2n) is 7.93. The quantitative estimate of drug-likeness (QED) is 0.844.